The summed E-state index contributed by atoms with van der Waals surface area (Å²) < 4.78 is 3.26. The fourth-order valence-electron chi connectivity index (χ4n) is 1.67. The lowest BCUT2D eigenvalue weighted by molar-refractivity contribution is 0.266. The minimum atomic E-state index is -0.291. The van der Waals surface area contributed by atoms with Crippen LogP contribution in [0.4, 0.5) is 11.4 Å². The molecule has 8 heteroatoms. The highest BCUT2D eigenvalue weighted by Crippen LogP contribution is 2.23. The van der Waals surface area contributed by atoms with E-state index >= 15 is 0 Å². The topological polar surface area (TPSA) is 85.0 Å². The van der Waals surface area contributed by atoms with E-state index in [0.717, 1.165) is 11.4 Å². The van der Waals surface area contributed by atoms with Crippen LogP contribution in [-0.4, -0.2) is 31.3 Å². The molecule has 0 saturated carbocycles. The van der Waals surface area contributed by atoms with Crippen LogP contribution in [0.2, 0.25) is 0 Å². The Morgan fingerprint density at radius 2 is 2.21 bits per heavy atom. The second-order valence-corrected chi connectivity index (χ2v) is 4.84. The summed E-state index contributed by atoms with van der Waals surface area (Å²) in [4.78, 5) is 11.9. The summed E-state index contributed by atoms with van der Waals surface area (Å²) in [5, 5.41) is 20.1. The van der Waals surface area contributed by atoms with Crippen molar-refractivity contribution >= 4 is 27.3 Å². The van der Waals surface area contributed by atoms with Crippen LogP contribution >= 0.6 is 15.9 Å². The number of aliphatic hydroxyl groups excluding tert-OH is 1. The Balaban J connectivity index is 2.34. The van der Waals surface area contributed by atoms with Crippen LogP contribution in [-0.2, 0) is 13.6 Å². The number of halogens is 1. The molecule has 2 aromatic heterocycles. The molecule has 7 nitrogen and oxygen atoms in total. The molecule has 0 saturated heterocycles. The van der Waals surface area contributed by atoms with Crippen LogP contribution in [0.25, 0.3) is 0 Å². The Labute approximate surface area is 118 Å². The second kappa shape index (κ2) is 5.54. The number of rotatable bonds is 4. The molecule has 0 fully saturated rings. The van der Waals surface area contributed by atoms with Gasteiger partial charge in [-0.05, 0) is 22.9 Å². The van der Waals surface area contributed by atoms with Gasteiger partial charge < -0.3 is 10.4 Å². The number of aryl methyl sites for hydroxylation is 2. The lowest BCUT2D eigenvalue weighted by atomic mass is 10.3. The Kier molecular flexibility index (Phi) is 4.01. The summed E-state index contributed by atoms with van der Waals surface area (Å²) in [5.41, 5.74) is 1.91. The molecule has 0 atom stereocenters. The normalized spacial score (nSPS) is 10.7. The molecule has 19 heavy (non-hydrogen) atoms. The molecule has 2 heterocycles. The molecule has 0 amide bonds. The van der Waals surface area contributed by atoms with Gasteiger partial charge in [-0.25, -0.2) is 4.68 Å². The standard InChI is InChI=1S/C11H14BrN5O2/c1-7-9(6-16(2)15-7)14-8-5-13-17(3-4-18)11(19)10(8)12/h5-6,14,18H,3-4H2,1-2H3. The average molecular weight is 328 g/mol. The van der Waals surface area contributed by atoms with E-state index in [2.05, 4.69) is 31.4 Å². The Bertz CT molecular complexity index is 649. The molecule has 102 valence electrons. The van der Waals surface area contributed by atoms with Gasteiger partial charge in [-0.3, -0.25) is 9.48 Å². The third-order valence-electron chi connectivity index (χ3n) is 2.58. The van der Waals surface area contributed by atoms with E-state index in [4.69, 9.17) is 5.11 Å². The molecule has 0 aromatic carbocycles. The maximum Gasteiger partial charge on any atom is 0.283 e. The van der Waals surface area contributed by atoms with Crippen molar-refractivity contribution < 1.29 is 5.11 Å². The monoisotopic (exact) mass is 327 g/mol. The van der Waals surface area contributed by atoms with Gasteiger partial charge in [0.2, 0.25) is 0 Å². The van der Waals surface area contributed by atoms with E-state index in [1.165, 1.54) is 10.9 Å². The largest absolute Gasteiger partial charge is 0.394 e. The highest BCUT2D eigenvalue weighted by atomic mass is 79.9. The molecule has 0 aliphatic carbocycles. The molecule has 0 spiro atoms. The summed E-state index contributed by atoms with van der Waals surface area (Å²) in [5.74, 6) is 0. The number of hydrogen-bond donors (Lipinski definition) is 2. The Morgan fingerprint density at radius 3 is 2.79 bits per heavy atom. The zero-order chi connectivity index (χ0) is 14.0. The number of nitrogens with one attached hydrogen (secondary N) is 1. The van der Waals surface area contributed by atoms with Crippen molar-refractivity contribution in [1.29, 1.82) is 0 Å². The zero-order valence-electron chi connectivity index (χ0n) is 10.6. The smallest absolute Gasteiger partial charge is 0.283 e. The minimum Gasteiger partial charge on any atom is -0.394 e. The first kappa shape index (κ1) is 13.8. The number of nitrogens with zero attached hydrogens (tertiary/aromatic N) is 4. The predicted octanol–water partition coefficient (Wildman–Crippen LogP) is 0.784. The van der Waals surface area contributed by atoms with E-state index in [-0.39, 0.29) is 18.7 Å². The molecule has 2 aromatic rings. The van der Waals surface area contributed by atoms with Gasteiger partial charge in [-0.15, -0.1) is 0 Å². The molecule has 2 rings (SSSR count). The van der Waals surface area contributed by atoms with Crippen molar-refractivity contribution in [2.75, 3.05) is 11.9 Å². The SMILES string of the molecule is Cc1nn(C)cc1Nc1cnn(CCO)c(=O)c1Br. The summed E-state index contributed by atoms with van der Waals surface area (Å²) >= 11 is 3.25. The molecule has 0 aliphatic heterocycles. The first-order valence-electron chi connectivity index (χ1n) is 5.66. The van der Waals surface area contributed by atoms with E-state index in [1.54, 1.807) is 4.68 Å². The first-order valence-corrected chi connectivity index (χ1v) is 6.46. The first-order chi connectivity index (χ1) is 9.02. The van der Waals surface area contributed by atoms with Crippen LogP contribution in [0.1, 0.15) is 5.69 Å². The molecule has 0 unspecified atom stereocenters. The summed E-state index contributed by atoms with van der Waals surface area (Å²) in [7, 11) is 1.82. The minimum absolute atomic E-state index is 0.131. The highest BCUT2D eigenvalue weighted by molar-refractivity contribution is 9.10. The predicted molar refractivity (Wildman–Crippen MR) is 74.5 cm³/mol. The van der Waals surface area contributed by atoms with E-state index in [9.17, 15) is 4.79 Å². The molecule has 2 N–H and O–H groups in total. The van der Waals surface area contributed by atoms with Crippen LogP contribution in [0.15, 0.2) is 21.7 Å². The Morgan fingerprint density at radius 1 is 1.47 bits per heavy atom. The number of aromatic nitrogens is 4. The number of hydrogen-bond acceptors (Lipinski definition) is 5. The van der Waals surface area contributed by atoms with Gasteiger partial charge in [-0.1, -0.05) is 0 Å². The van der Waals surface area contributed by atoms with Gasteiger partial charge in [0.15, 0.2) is 0 Å². The van der Waals surface area contributed by atoms with Gasteiger partial charge in [-0.2, -0.15) is 10.2 Å². The maximum atomic E-state index is 11.9. The van der Waals surface area contributed by atoms with E-state index < -0.39 is 0 Å². The van der Waals surface area contributed by atoms with Gasteiger partial charge in [0.1, 0.15) is 4.47 Å². The van der Waals surface area contributed by atoms with Crippen LogP contribution in [0.5, 0.6) is 0 Å². The average Bonchev–Trinajstić information content (AvgIpc) is 2.67. The van der Waals surface area contributed by atoms with Gasteiger partial charge >= 0.3 is 0 Å². The van der Waals surface area contributed by atoms with E-state index in [1.807, 2.05) is 20.2 Å². The summed E-state index contributed by atoms with van der Waals surface area (Å²) in [6.45, 7) is 1.91. The lowest BCUT2D eigenvalue weighted by Crippen LogP contribution is -2.25. The highest BCUT2D eigenvalue weighted by Gasteiger charge is 2.11. The molecule has 0 bridgehead atoms. The zero-order valence-corrected chi connectivity index (χ0v) is 12.2. The van der Waals surface area contributed by atoms with Crippen LogP contribution in [0, 0.1) is 6.92 Å². The van der Waals surface area contributed by atoms with Gasteiger partial charge in [0, 0.05) is 13.2 Å². The number of aliphatic hydroxyl groups is 1. The van der Waals surface area contributed by atoms with Crippen LogP contribution < -0.4 is 10.9 Å². The molecule has 0 aliphatic rings. The van der Waals surface area contributed by atoms with Crippen molar-refractivity contribution in [3.8, 4) is 0 Å². The maximum absolute atomic E-state index is 11.9. The van der Waals surface area contributed by atoms with Crippen molar-refractivity contribution in [2.24, 2.45) is 7.05 Å². The van der Waals surface area contributed by atoms with Crippen LogP contribution in [0.3, 0.4) is 0 Å². The third-order valence-corrected chi connectivity index (χ3v) is 3.35. The lowest BCUT2D eigenvalue weighted by Gasteiger charge is -2.08. The van der Waals surface area contributed by atoms with Crippen molar-refractivity contribution in [2.45, 2.75) is 13.5 Å². The van der Waals surface area contributed by atoms with Crippen molar-refractivity contribution in [1.82, 2.24) is 19.6 Å². The van der Waals surface area contributed by atoms with Gasteiger partial charge in [0.05, 0.1) is 36.4 Å². The van der Waals surface area contributed by atoms with Gasteiger partial charge in [0.25, 0.3) is 5.56 Å². The van der Waals surface area contributed by atoms with E-state index in [0.29, 0.717) is 10.2 Å². The second-order valence-electron chi connectivity index (χ2n) is 4.05. The fourth-order valence-corrected chi connectivity index (χ4v) is 2.08. The molecular formula is C11H14BrN5O2. The quantitative estimate of drug-likeness (QED) is 0.867. The Hall–Kier alpha value is -1.67. The fraction of sp³-hybridized carbons (Fsp3) is 0.364. The van der Waals surface area contributed by atoms with Crippen molar-refractivity contribution in [3.63, 3.8) is 0 Å². The summed E-state index contributed by atoms with van der Waals surface area (Å²) in [6, 6.07) is 0. The molecular weight excluding hydrogens is 314 g/mol. The third kappa shape index (κ3) is 2.85. The van der Waals surface area contributed by atoms with Crippen molar-refractivity contribution in [3.05, 3.63) is 32.9 Å². The molecule has 0 radical (unpaired) electrons. The number of anilines is 2. The summed E-state index contributed by atoms with van der Waals surface area (Å²) in [6.07, 6.45) is 3.36.